The van der Waals surface area contributed by atoms with Gasteiger partial charge in [-0.15, -0.1) is 0 Å². The first-order valence-corrected chi connectivity index (χ1v) is 10.4. The number of fused-ring (bicyclic) bond motifs is 1. The second kappa shape index (κ2) is 8.16. The smallest absolute Gasteiger partial charge is 0.287 e. The average molecular weight is 460 g/mol. The van der Waals surface area contributed by atoms with Gasteiger partial charge in [-0.05, 0) is 60.2 Å². The van der Waals surface area contributed by atoms with E-state index in [1.807, 2.05) is 25.1 Å². The lowest BCUT2D eigenvalue weighted by molar-refractivity contribution is 0.0914. The minimum Gasteiger partial charge on any atom is -0.450 e. The Kier molecular flexibility index (Phi) is 5.61. The van der Waals surface area contributed by atoms with E-state index in [1.165, 1.54) is 12.1 Å². The van der Waals surface area contributed by atoms with E-state index in [1.54, 1.807) is 12.1 Å². The fraction of sp³-hybridized carbons (Fsp3) is 0.318. The molecule has 0 aliphatic carbocycles. The van der Waals surface area contributed by atoms with Gasteiger partial charge < -0.3 is 19.5 Å². The molecule has 0 radical (unpaired) electrons. The second-order valence-corrected chi connectivity index (χ2v) is 8.31. The molecule has 2 aromatic carbocycles. The second-order valence-electron chi connectivity index (χ2n) is 7.46. The van der Waals surface area contributed by atoms with Gasteiger partial charge in [-0.1, -0.05) is 12.1 Å². The zero-order valence-corrected chi connectivity index (χ0v) is 18.0. The van der Waals surface area contributed by atoms with Crippen LogP contribution in [0.1, 0.15) is 29.1 Å². The number of nitrogens with zero attached hydrogens (tertiary/aromatic N) is 2. The number of furan rings is 1. The molecule has 1 amide bonds. The molecule has 152 valence electrons. The summed E-state index contributed by atoms with van der Waals surface area (Å²) in [7, 11) is 2.09. The van der Waals surface area contributed by atoms with Crippen LogP contribution < -0.4 is 10.2 Å². The van der Waals surface area contributed by atoms with Gasteiger partial charge in [-0.25, -0.2) is 4.39 Å². The maximum absolute atomic E-state index is 14.0. The topological polar surface area (TPSA) is 48.7 Å². The summed E-state index contributed by atoms with van der Waals surface area (Å²) in [6.45, 7) is 5.50. The molecule has 3 aromatic rings. The Morgan fingerprint density at radius 1 is 1.17 bits per heavy atom. The predicted octanol–water partition coefficient (Wildman–Crippen LogP) is 4.58. The van der Waals surface area contributed by atoms with Gasteiger partial charge in [0, 0.05) is 42.8 Å². The monoisotopic (exact) mass is 459 g/mol. The number of carbonyl (C=O) groups excluding carboxylic acids is 1. The van der Waals surface area contributed by atoms with Crippen molar-refractivity contribution in [3.8, 4) is 0 Å². The number of rotatable bonds is 4. The van der Waals surface area contributed by atoms with Gasteiger partial charge in [-0.3, -0.25) is 4.79 Å². The van der Waals surface area contributed by atoms with Crippen molar-refractivity contribution in [3.63, 3.8) is 0 Å². The van der Waals surface area contributed by atoms with Crippen molar-refractivity contribution < 1.29 is 13.6 Å². The van der Waals surface area contributed by atoms with E-state index >= 15 is 0 Å². The third-order valence-corrected chi connectivity index (χ3v) is 5.99. The molecular formula is C22H23BrFN3O2. The molecule has 1 aromatic heterocycles. The molecule has 1 N–H and O–H groups in total. The number of amides is 1. The Morgan fingerprint density at radius 3 is 2.66 bits per heavy atom. The normalized spacial score (nSPS) is 16.2. The van der Waals surface area contributed by atoms with Crippen molar-refractivity contribution in [2.75, 3.05) is 38.1 Å². The molecule has 1 unspecified atom stereocenters. The minimum absolute atomic E-state index is 0.233. The van der Waals surface area contributed by atoms with Gasteiger partial charge >= 0.3 is 0 Å². The van der Waals surface area contributed by atoms with E-state index in [-0.39, 0.29) is 23.5 Å². The molecule has 1 aliphatic rings. The number of hydrogen-bond acceptors (Lipinski definition) is 4. The predicted molar refractivity (Wildman–Crippen MR) is 116 cm³/mol. The zero-order valence-electron chi connectivity index (χ0n) is 16.4. The SMILES string of the molecule is CC(NC(=O)c1cc2cccc(Br)c2o1)c1cc(F)ccc1N1CCN(C)CC1. The maximum Gasteiger partial charge on any atom is 0.287 e. The number of likely N-dealkylation sites (N-methyl/N-ethyl adjacent to an activating group) is 1. The Hall–Kier alpha value is -2.38. The van der Waals surface area contributed by atoms with Gasteiger partial charge in [0.1, 0.15) is 11.4 Å². The summed E-state index contributed by atoms with van der Waals surface area (Å²) in [6, 6.07) is 11.8. The molecule has 1 atom stereocenters. The first-order chi connectivity index (χ1) is 13.9. The van der Waals surface area contributed by atoms with Gasteiger partial charge in [0.25, 0.3) is 5.91 Å². The number of benzene rings is 2. The van der Waals surface area contributed by atoms with E-state index < -0.39 is 0 Å². The first kappa shape index (κ1) is 19.9. The van der Waals surface area contributed by atoms with Gasteiger partial charge in [0.05, 0.1) is 10.5 Å². The summed E-state index contributed by atoms with van der Waals surface area (Å²) in [5.41, 5.74) is 2.36. The van der Waals surface area contributed by atoms with Crippen LogP contribution in [0.15, 0.2) is 51.4 Å². The summed E-state index contributed by atoms with van der Waals surface area (Å²) in [6.07, 6.45) is 0. The van der Waals surface area contributed by atoms with Crippen LogP contribution in [0, 0.1) is 5.82 Å². The van der Waals surface area contributed by atoms with E-state index in [4.69, 9.17) is 4.42 Å². The Bertz CT molecular complexity index is 1040. The largest absolute Gasteiger partial charge is 0.450 e. The molecule has 5 nitrogen and oxygen atoms in total. The van der Waals surface area contributed by atoms with E-state index in [9.17, 15) is 9.18 Å². The fourth-order valence-electron chi connectivity index (χ4n) is 3.69. The molecule has 1 saturated heterocycles. The molecule has 4 rings (SSSR count). The van der Waals surface area contributed by atoms with Crippen molar-refractivity contribution >= 4 is 38.5 Å². The average Bonchev–Trinajstić information content (AvgIpc) is 3.15. The van der Waals surface area contributed by atoms with E-state index in [0.29, 0.717) is 5.58 Å². The standard InChI is InChI=1S/C22H23BrFN3O2/c1-14(25-22(28)20-12-15-4-3-5-18(23)21(15)29-20)17-13-16(24)6-7-19(17)27-10-8-26(2)9-11-27/h3-7,12-14H,8-11H2,1-2H3,(H,25,28). The number of anilines is 1. The highest BCUT2D eigenvalue weighted by Crippen LogP contribution is 2.30. The number of halogens is 2. The van der Waals surface area contributed by atoms with Gasteiger partial charge in [0.2, 0.25) is 0 Å². The summed E-state index contributed by atoms with van der Waals surface area (Å²) < 4.78 is 20.5. The summed E-state index contributed by atoms with van der Waals surface area (Å²) in [4.78, 5) is 17.3. The molecule has 1 fully saturated rings. The van der Waals surface area contributed by atoms with Gasteiger partial charge in [-0.2, -0.15) is 0 Å². The molecule has 29 heavy (non-hydrogen) atoms. The quantitative estimate of drug-likeness (QED) is 0.620. The van der Waals surface area contributed by atoms with Crippen molar-refractivity contribution in [2.45, 2.75) is 13.0 Å². The zero-order chi connectivity index (χ0) is 20.5. The fourth-order valence-corrected chi connectivity index (χ4v) is 4.15. The van der Waals surface area contributed by atoms with Crippen molar-refractivity contribution in [2.24, 2.45) is 0 Å². The minimum atomic E-state index is -0.371. The highest BCUT2D eigenvalue weighted by molar-refractivity contribution is 9.10. The first-order valence-electron chi connectivity index (χ1n) is 9.64. The van der Waals surface area contributed by atoms with Crippen molar-refractivity contribution in [1.29, 1.82) is 0 Å². The molecule has 7 heteroatoms. The third-order valence-electron chi connectivity index (χ3n) is 5.37. The Labute approximate surface area is 177 Å². The van der Waals surface area contributed by atoms with Crippen LogP contribution in [0.2, 0.25) is 0 Å². The third kappa shape index (κ3) is 4.16. The number of carbonyl (C=O) groups is 1. The van der Waals surface area contributed by atoms with E-state index in [2.05, 4.69) is 38.1 Å². The van der Waals surface area contributed by atoms with Crippen molar-refractivity contribution in [1.82, 2.24) is 10.2 Å². The highest BCUT2D eigenvalue weighted by Gasteiger charge is 2.22. The molecule has 0 saturated carbocycles. The molecule has 0 bridgehead atoms. The number of piperazine rings is 1. The Balaban J connectivity index is 1.57. The van der Waals surface area contributed by atoms with Crippen LogP contribution in [0.25, 0.3) is 11.0 Å². The van der Waals surface area contributed by atoms with Gasteiger partial charge in [0.15, 0.2) is 5.76 Å². The number of nitrogens with one attached hydrogen (secondary N) is 1. The maximum atomic E-state index is 14.0. The number of para-hydroxylation sites is 1. The lowest BCUT2D eigenvalue weighted by Gasteiger charge is -2.36. The number of hydrogen-bond donors (Lipinski definition) is 1. The van der Waals surface area contributed by atoms with Crippen LogP contribution >= 0.6 is 15.9 Å². The van der Waals surface area contributed by atoms with E-state index in [0.717, 1.165) is 47.3 Å². The highest BCUT2D eigenvalue weighted by atomic mass is 79.9. The van der Waals surface area contributed by atoms with Crippen molar-refractivity contribution in [3.05, 3.63) is 64.1 Å². The lowest BCUT2D eigenvalue weighted by atomic mass is 10.0. The molecule has 2 heterocycles. The molecular weight excluding hydrogens is 437 g/mol. The van der Waals surface area contributed by atoms with Crippen LogP contribution in [-0.4, -0.2) is 44.0 Å². The summed E-state index contributed by atoms with van der Waals surface area (Å²) in [5.74, 6) is -0.405. The molecule has 1 aliphatic heterocycles. The van der Waals surface area contributed by atoms with Crippen LogP contribution in [0.4, 0.5) is 10.1 Å². The van der Waals surface area contributed by atoms with Crippen LogP contribution in [0.3, 0.4) is 0 Å². The van der Waals surface area contributed by atoms with Crippen LogP contribution in [0.5, 0.6) is 0 Å². The molecule has 0 spiro atoms. The van der Waals surface area contributed by atoms with Crippen LogP contribution in [-0.2, 0) is 0 Å². The lowest BCUT2D eigenvalue weighted by Crippen LogP contribution is -2.45. The Morgan fingerprint density at radius 2 is 1.93 bits per heavy atom. The summed E-state index contributed by atoms with van der Waals surface area (Å²) in [5, 5.41) is 3.80. The summed E-state index contributed by atoms with van der Waals surface area (Å²) >= 11 is 3.44.